The molecule has 0 aromatic heterocycles. The largest absolute Gasteiger partial charge is 0.493 e. The summed E-state index contributed by atoms with van der Waals surface area (Å²) in [6.45, 7) is 5.66. The summed E-state index contributed by atoms with van der Waals surface area (Å²) in [5, 5.41) is 3.83. The molecule has 1 fully saturated rings. The normalized spacial score (nSPS) is 24.4. The van der Waals surface area contributed by atoms with E-state index in [1.165, 1.54) is 41.6 Å². The highest BCUT2D eigenvalue weighted by Crippen LogP contribution is 2.48. The highest BCUT2D eigenvalue weighted by atomic mass is 35.5. The summed E-state index contributed by atoms with van der Waals surface area (Å²) in [5.41, 5.74) is 5.60. The molecule has 5 rings (SSSR count). The predicted molar refractivity (Wildman–Crippen MR) is 153 cm³/mol. The fraction of sp³-hybridized carbons (Fsp3) is 0.586. The Kier molecular flexibility index (Phi) is 10.3. The minimum atomic E-state index is 0. The summed E-state index contributed by atoms with van der Waals surface area (Å²) in [6, 6.07) is 9.61. The lowest BCUT2D eigenvalue weighted by Crippen LogP contribution is -2.46. The summed E-state index contributed by atoms with van der Waals surface area (Å²) in [6.07, 6.45) is 5.65. The standard InChI is InChI=1S/C29H40N2O4.2ClH/c1-6-18-17-31-10-8-20-14-27(33-3)29(35-5)16-23(20)25(31)12-21(18)11-24-22-15-28(34-4)26(32-2)13-19(22)7-9-30-24;;/h13-16,18,21,24-25,30H,6-12,17H2,1-5H3;2*1H. The molecule has 37 heavy (non-hydrogen) atoms. The second-order valence-corrected chi connectivity index (χ2v) is 10.2. The Morgan fingerprint density at radius 3 is 1.95 bits per heavy atom. The summed E-state index contributed by atoms with van der Waals surface area (Å²) >= 11 is 0. The number of methoxy groups -OCH3 is 4. The molecule has 2 aromatic rings. The molecular weight excluding hydrogens is 511 g/mol. The summed E-state index contributed by atoms with van der Waals surface area (Å²) < 4.78 is 22.5. The number of nitrogens with zero attached hydrogens (tertiary/aromatic N) is 1. The van der Waals surface area contributed by atoms with Crippen LogP contribution in [0.25, 0.3) is 0 Å². The second kappa shape index (κ2) is 12.8. The molecule has 0 spiro atoms. The van der Waals surface area contributed by atoms with E-state index in [1.807, 2.05) is 0 Å². The zero-order valence-electron chi connectivity index (χ0n) is 22.7. The van der Waals surface area contributed by atoms with Crippen LogP contribution < -0.4 is 24.3 Å². The van der Waals surface area contributed by atoms with E-state index in [2.05, 4.69) is 41.4 Å². The Hall–Kier alpha value is -1.86. The van der Waals surface area contributed by atoms with Gasteiger partial charge in [-0.05, 0) is 90.6 Å². The first kappa shape index (κ1) is 29.7. The van der Waals surface area contributed by atoms with E-state index in [0.717, 1.165) is 55.4 Å². The van der Waals surface area contributed by atoms with Gasteiger partial charge in [-0.25, -0.2) is 0 Å². The summed E-state index contributed by atoms with van der Waals surface area (Å²) in [5.74, 6) is 4.69. The van der Waals surface area contributed by atoms with Crippen molar-refractivity contribution in [3.05, 3.63) is 46.5 Å². The molecule has 3 aliphatic heterocycles. The van der Waals surface area contributed by atoms with Gasteiger partial charge in [-0.3, -0.25) is 4.90 Å². The number of hydrogen-bond acceptors (Lipinski definition) is 6. The number of hydrogen-bond donors (Lipinski definition) is 1. The van der Waals surface area contributed by atoms with Crippen LogP contribution >= 0.6 is 24.8 Å². The van der Waals surface area contributed by atoms with E-state index in [1.54, 1.807) is 28.4 Å². The summed E-state index contributed by atoms with van der Waals surface area (Å²) in [7, 11) is 6.90. The maximum absolute atomic E-state index is 5.68. The van der Waals surface area contributed by atoms with E-state index in [9.17, 15) is 0 Å². The Balaban J connectivity index is 0.00000190. The minimum absolute atomic E-state index is 0. The molecule has 4 atom stereocenters. The van der Waals surface area contributed by atoms with Crippen molar-refractivity contribution < 1.29 is 18.9 Å². The van der Waals surface area contributed by atoms with Crippen LogP contribution in [0.15, 0.2) is 24.3 Å². The van der Waals surface area contributed by atoms with Gasteiger partial charge in [-0.15, -0.1) is 24.8 Å². The van der Waals surface area contributed by atoms with Crippen LogP contribution in [0.2, 0.25) is 0 Å². The van der Waals surface area contributed by atoms with Crippen LogP contribution in [0.5, 0.6) is 23.0 Å². The lowest BCUT2D eigenvalue weighted by molar-refractivity contribution is 0.0434. The van der Waals surface area contributed by atoms with Crippen molar-refractivity contribution in [2.45, 2.75) is 51.1 Å². The number of benzene rings is 2. The van der Waals surface area contributed by atoms with Gasteiger partial charge in [0.2, 0.25) is 0 Å². The maximum Gasteiger partial charge on any atom is 0.161 e. The van der Waals surface area contributed by atoms with Crippen LogP contribution in [0.1, 0.15) is 60.5 Å². The van der Waals surface area contributed by atoms with Gasteiger partial charge in [0.05, 0.1) is 28.4 Å². The maximum atomic E-state index is 5.68. The van der Waals surface area contributed by atoms with Crippen LogP contribution in [0.4, 0.5) is 0 Å². The Labute approximate surface area is 234 Å². The van der Waals surface area contributed by atoms with Crippen molar-refractivity contribution in [1.29, 1.82) is 0 Å². The number of rotatable bonds is 7. The van der Waals surface area contributed by atoms with Crippen molar-refractivity contribution >= 4 is 24.8 Å². The minimum Gasteiger partial charge on any atom is -0.493 e. The van der Waals surface area contributed by atoms with Crippen molar-refractivity contribution in [1.82, 2.24) is 10.2 Å². The first-order valence-electron chi connectivity index (χ1n) is 13.1. The van der Waals surface area contributed by atoms with E-state index in [0.29, 0.717) is 23.9 Å². The SMILES string of the molecule is CCC1CN2CCc3cc(OC)c(OC)cc3C2CC1CC1NCCc2cc(OC)c(OC)cc21.Cl.Cl. The Morgan fingerprint density at radius 2 is 1.35 bits per heavy atom. The average molecular weight is 554 g/mol. The monoisotopic (exact) mass is 552 g/mol. The molecule has 8 heteroatoms. The second-order valence-electron chi connectivity index (χ2n) is 10.2. The zero-order chi connectivity index (χ0) is 24.5. The van der Waals surface area contributed by atoms with Gasteiger partial charge in [0.1, 0.15) is 0 Å². The third-order valence-corrected chi connectivity index (χ3v) is 8.64. The smallest absolute Gasteiger partial charge is 0.161 e. The number of halogens is 2. The van der Waals surface area contributed by atoms with Crippen molar-refractivity contribution in [2.75, 3.05) is 48.1 Å². The van der Waals surface area contributed by atoms with E-state index in [-0.39, 0.29) is 24.8 Å². The number of ether oxygens (including phenoxy) is 4. The van der Waals surface area contributed by atoms with E-state index >= 15 is 0 Å². The van der Waals surface area contributed by atoms with Gasteiger partial charge < -0.3 is 24.3 Å². The molecular formula is C29H42Cl2N2O4. The van der Waals surface area contributed by atoms with Crippen LogP contribution in [-0.4, -0.2) is 53.0 Å². The molecule has 0 aliphatic carbocycles. The third kappa shape index (κ3) is 5.63. The summed E-state index contributed by atoms with van der Waals surface area (Å²) in [4.78, 5) is 2.72. The third-order valence-electron chi connectivity index (χ3n) is 8.64. The number of fused-ring (bicyclic) bond motifs is 4. The van der Waals surface area contributed by atoms with Gasteiger partial charge in [-0.2, -0.15) is 0 Å². The fourth-order valence-electron chi connectivity index (χ4n) is 6.74. The lowest BCUT2D eigenvalue weighted by atomic mass is 9.72. The molecule has 0 amide bonds. The van der Waals surface area contributed by atoms with Gasteiger partial charge in [0.15, 0.2) is 23.0 Å². The van der Waals surface area contributed by atoms with Crippen LogP contribution in [0, 0.1) is 11.8 Å². The number of nitrogens with one attached hydrogen (secondary N) is 1. The zero-order valence-corrected chi connectivity index (χ0v) is 24.3. The number of piperidine rings is 1. The molecule has 0 bridgehead atoms. The fourth-order valence-corrected chi connectivity index (χ4v) is 6.74. The molecule has 3 heterocycles. The highest BCUT2D eigenvalue weighted by molar-refractivity contribution is 5.85. The molecule has 6 nitrogen and oxygen atoms in total. The molecule has 4 unspecified atom stereocenters. The molecule has 1 saturated heterocycles. The van der Waals surface area contributed by atoms with E-state index in [4.69, 9.17) is 18.9 Å². The predicted octanol–water partition coefficient (Wildman–Crippen LogP) is 5.79. The highest BCUT2D eigenvalue weighted by Gasteiger charge is 2.40. The van der Waals surface area contributed by atoms with Crippen molar-refractivity contribution in [2.24, 2.45) is 11.8 Å². The quantitative estimate of drug-likeness (QED) is 0.469. The van der Waals surface area contributed by atoms with E-state index < -0.39 is 0 Å². The van der Waals surface area contributed by atoms with Gasteiger partial charge in [0.25, 0.3) is 0 Å². The first-order valence-corrected chi connectivity index (χ1v) is 13.1. The first-order chi connectivity index (χ1) is 17.1. The topological polar surface area (TPSA) is 52.2 Å². The Morgan fingerprint density at radius 1 is 0.784 bits per heavy atom. The molecule has 0 radical (unpaired) electrons. The van der Waals surface area contributed by atoms with Crippen molar-refractivity contribution in [3.63, 3.8) is 0 Å². The van der Waals surface area contributed by atoms with Crippen molar-refractivity contribution in [3.8, 4) is 23.0 Å². The molecule has 206 valence electrons. The molecule has 0 saturated carbocycles. The lowest BCUT2D eigenvalue weighted by Gasteiger charge is -2.48. The van der Waals surface area contributed by atoms with Gasteiger partial charge in [-0.1, -0.05) is 13.3 Å². The van der Waals surface area contributed by atoms with Gasteiger partial charge in [0, 0.05) is 25.2 Å². The average Bonchev–Trinajstić information content (AvgIpc) is 2.91. The molecule has 2 aromatic carbocycles. The van der Waals surface area contributed by atoms with Gasteiger partial charge >= 0.3 is 0 Å². The Bertz CT molecular complexity index is 1060. The molecule has 3 aliphatic rings. The molecule has 1 N–H and O–H groups in total. The van der Waals surface area contributed by atoms with Crippen LogP contribution in [-0.2, 0) is 12.8 Å². The van der Waals surface area contributed by atoms with Crippen LogP contribution in [0.3, 0.4) is 0 Å².